The van der Waals surface area contributed by atoms with Crippen LogP contribution in [0.4, 0.5) is 13.2 Å². The molecule has 3 aliphatic rings. The number of rotatable bonds is 10. The van der Waals surface area contributed by atoms with Gasteiger partial charge in [0.25, 0.3) is 0 Å². The zero-order valence-electron chi connectivity index (χ0n) is 31.6. The van der Waals surface area contributed by atoms with E-state index in [1.807, 2.05) is 84.9 Å². The van der Waals surface area contributed by atoms with Crippen molar-refractivity contribution < 1.29 is 42.4 Å². The summed E-state index contributed by atoms with van der Waals surface area (Å²) in [6.45, 7) is 4.04. The van der Waals surface area contributed by atoms with Crippen molar-refractivity contribution in [3.8, 4) is 11.1 Å². The van der Waals surface area contributed by atoms with Crippen LogP contribution >= 0.6 is 11.6 Å². The molecule has 3 N–H and O–H groups in total. The smallest absolute Gasteiger partial charge is 0.392 e. The number of nitrogens with zero attached hydrogens (tertiary/aromatic N) is 2. The molecule has 3 aliphatic heterocycles. The van der Waals surface area contributed by atoms with Crippen LogP contribution in [-0.2, 0) is 37.8 Å². The monoisotopic (exact) mass is 805 g/mol. The highest BCUT2D eigenvalue weighted by Crippen LogP contribution is 2.43. The molecule has 57 heavy (non-hydrogen) atoms. The second-order valence-electron chi connectivity index (χ2n) is 15.4. The molecule has 302 valence electrons. The maximum Gasteiger partial charge on any atom is 0.471 e. The molecule has 9 nitrogen and oxygen atoms in total. The molecule has 5 atom stereocenters. The van der Waals surface area contributed by atoms with Gasteiger partial charge in [-0.25, -0.2) is 0 Å². The zero-order valence-corrected chi connectivity index (χ0v) is 32.4. The minimum atomic E-state index is -5.04. The lowest BCUT2D eigenvalue weighted by Crippen LogP contribution is -2.50. The molecule has 7 rings (SSSR count). The van der Waals surface area contributed by atoms with Gasteiger partial charge in [-0.15, -0.1) is 0 Å². The van der Waals surface area contributed by atoms with E-state index in [2.05, 4.69) is 17.1 Å². The summed E-state index contributed by atoms with van der Waals surface area (Å²) in [5.74, 6) is -2.64. The van der Waals surface area contributed by atoms with Gasteiger partial charge in [0, 0.05) is 49.2 Å². The second kappa shape index (κ2) is 17.3. The van der Waals surface area contributed by atoms with E-state index in [0.717, 1.165) is 38.9 Å². The average Bonchev–Trinajstić information content (AvgIpc) is 3.71. The number of piperidine rings is 1. The van der Waals surface area contributed by atoms with Crippen LogP contribution in [0.1, 0.15) is 72.8 Å². The first-order chi connectivity index (χ1) is 27.3. The first-order valence-corrected chi connectivity index (χ1v) is 19.8. The summed E-state index contributed by atoms with van der Waals surface area (Å²) < 4.78 is 52.9. The standard InChI is InChI=1S/C44H47ClF3N3O6/c1-28-38(26-50-21-18-43(55,19-22-50)35-14-16-36(45)17-15-35)56-41(57-39(28)31-12-10-29(27-52)11-13-31)34-8-3-7-33(24-34)32-6-2-5-30(23-32)25-49-40(53)37-9-4-20-51(37)42(54)44(46,47)48/h2-3,5-8,10-17,23-24,28,37-39,41,52,55H,4,9,18-22,25-27H2,1H3,(H,49,53)/t28-,37-,38+,39+,41+/m0/s1. The number of hydrogen-bond acceptors (Lipinski definition) is 7. The highest BCUT2D eigenvalue weighted by atomic mass is 35.5. The van der Waals surface area contributed by atoms with Crippen LogP contribution in [0.15, 0.2) is 97.1 Å². The number of hydrogen-bond donors (Lipinski definition) is 3. The van der Waals surface area contributed by atoms with Crippen molar-refractivity contribution in [1.29, 1.82) is 0 Å². The summed E-state index contributed by atoms with van der Waals surface area (Å²) in [5.41, 5.74) is 5.00. The van der Waals surface area contributed by atoms with Crippen LogP contribution in [-0.4, -0.2) is 76.3 Å². The summed E-state index contributed by atoms with van der Waals surface area (Å²) in [5, 5.41) is 24.5. The normalized spacial score (nSPS) is 24.0. The molecular weight excluding hydrogens is 759 g/mol. The van der Waals surface area contributed by atoms with E-state index in [0.29, 0.717) is 48.8 Å². The van der Waals surface area contributed by atoms with Gasteiger partial charge in [0.15, 0.2) is 6.29 Å². The van der Waals surface area contributed by atoms with Gasteiger partial charge in [0.1, 0.15) is 6.04 Å². The van der Waals surface area contributed by atoms with E-state index >= 15 is 0 Å². The van der Waals surface area contributed by atoms with Crippen molar-refractivity contribution in [3.63, 3.8) is 0 Å². The van der Waals surface area contributed by atoms with E-state index in [1.54, 1.807) is 12.1 Å². The average molecular weight is 806 g/mol. The lowest BCUT2D eigenvalue weighted by atomic mass is 9.84. The molecule has 3 fully saturated rings. The fraction of sp³-hybridized carbons (Fsp3) is 0.409. The van der Waals surface area contributed by atoms with E-state index in [-0.39, 0.29) is 44.2 Å². The third-order valence-corrected chi connectivity index (χ3v) is 11.8. The van der Waals surface area contributed by atoms with Crippen LogP contribution in [0.3, 0.4) is 0 Å². The van der Waals surface area contributed by atoms with Gasteiger partial charge >= 0.3 is 12.1 Å². The molecule has 0 aromatic heterocycles. The molecule has 2 amide bonds. The van der Waals surface area contributed by atoms with E-state index < -0.39 is 35.9 Å². The summed E-state index contributed by atoms with van der Waals surface area (Å²) in [6.07, 6.45) is -4.63. The van der Waals surface area contributed by atoms with E-state index in [9.17, 15) is 33.0 Å². The highest BCUT2D eigenvalue weighted by molar-refractivity contribution is 6.30. The molecule has 0 bridgehead atoms. The lowest BCUT2D eigenvalue weighted by molar-refractivity contribution is -0.277. The Bertz CT molecular complexity index is 2020. The number of benzene rings is 4. The fourth-order valence-electron chi connectivity index (χ4n) is 8.21. The van der Waals surface area contributed by atoms with Gasteiger partial charge in [-0.2, -0.15) is 13.2 Å². The summed E-state index contributed by atoms with van der Waals surface area (Å²) in [7, 11) is 0. The summed E-state index contributed by atoms with van der Waals surface area (Å²) >= 11 is 6.10. The molecule has 0 unspecified atom stereocenters. The predicted octanol–water partition coefficient (Wildman–Crippen LogP) is 7.44. The number of alkyl halides is 3. The molecular formula is C44H47ClF3N3O6. The fourth-order valence-corrected chi connectivity index (χ4v) is 8.34. The van der Waals surface area contributed by atoms with Crippen LogP contribution < -0.4 is 5.32 Å². The Morgan fingerprint density at radius 2 is 1.56 bits per heavy atom. The SMILES string of the molecule is C[C@H]1[C@@H](CN2CCC(O)(c3ccc(Cl)cc3)CC2)O[C@@H](c2cccc(-c3cccc(CNC(=O)[C@@H]4CCCN4C(=O)C(F)(F)F)c3)c2)O[C@H]1c1ccc(CO)cc1. The Balaban J connectivity index is 1.06. The molecule has 0 aliphatic carbocycles. The first-order valence-electron chi connectivity index (χ1n) is 19.4. The number of carbonyl (C=O) groups excluding carboxylic acids is 2. The Labute approximate surface area is 335 Å². The van der Waals surface area contributed by atoms with Gasteiger partial charge in [0.2, 0.25) is 5.91 Å². The molecule has 4 aromatic rings. The van der Waals surface area contributed by atoms with Gasteiger partial charge < -0.3 is 34.8 Å². The molecule has 4 aromatic carbocycles. The van der Waals surface area contributed by atoms with Crippen molar-refractivity contribution >= 4 is 23.4 Å². The number of aliphatic hydroxyl groups excluding tert-OH is 1. The maximum absolute atomic E-state index is 13.1. The Morgan fingerprint density at radius 1 is 0.877 bits per heavy atom. The van der Waals surface area contributed by atoms with Crippen LogP contribution in [0.5, 0.6) is 0 Å². The van der Waals surface area contributed by atoms with Crippen molar-refractivity contribution in [3.05, 3.63) is 130 Å². The van der Waals surface area contributed by atoms with E-state index in [1.165, 1.54) is 0 Å². The van der Waals surface area contributed by atoms with Crippen molar-refractivity contribution in [2.24, 2.45) is 5.92 Å². The van der Waals surface area contributed by atoms with Gasteiger partial charge in [-0.3, -0.25) is 9.59 Å². The summed E-state index contributed by atoms with van der Waals surface area (Å²) in [4.78, 5) is 27.8. The number of halogens is 4. The Hall–Kier alpha value is -4.30. The third-order valence-electron chi connectivity index (χ3n) is 11.6. The molecule has 3 saturated heterocycles. The highest BCUT2D eigenvalue weighted by Gasteiger charge is 2.48. The van der Waals surface area contributed by atoms with E-state index in [4.69, 9.17) is 21.1 Å². The van der Waals surface area contributed by atoms with Crippen LogP contribution in [0.2, 0.25) is 5.02 Å². The second-order valence-corrected chi connectivity index (χ2v) is 15.8. The lowest BCUT2D eigenvalue weighted by Gasteiger charge is -2.45. The number of aliphatic hydroxyl groups is 2. The zero-order chi connectivity index (χ0) is 40.3. The van der Waals surface area contributed by atoms with Crippen molar-refractivity contribution in [2.75, 3.05) is 26.2 Å². The Morgan fingerprint density at radius 3 is 2.25 bits per heavy atom. The number of carbonyl (C=O) groups is 2. The van der Waals surface area contributed by atoms with Crippen molar-refractivity contribution in [2.45, 2.75) is 82.1 Å². The Kier molecular flexibility index (Phi) is 12.4. The van der Waals surface area contributed by atoms with Gasteiger partial charge in [-0.1, -0.05) is 91.3 Å². The quantitative estimate of drug-likeness (QED) is 0.153. The first kappa shape index (κ1) is 40.9. The predicted molar refractivity (Wildman–Crippen MR) is 209 cm³/mol. The van der Waals surface area contributed by atoms with Crippen LogP contribution in [0.25, 0.3) is 11.1 Å². The molecule has 0 spiro atoms. The van der Waals surface area contributed by atoms with Crippen molar-refractivity contribution in [1.82, 2.24) is 15.1 Å². The molecule has 3 heterocycles. The largest absolute Gasteiger partial charge is 0.471 e. The number of amides is 2. The van der Waals surface area contributed by atoms with Gasteiger partial charge in [0.05, 0.1) is 24.4 Å². The van der Waals surface area contributed by atoms with Crippen LogP contribution in [0, 0.1) is 5.92 Å². The third kappa shape index (κ3) is 9.38. The molecule has 13 heteroatoms. The molecule has 0 saturated carbocycles. The summed E-state index contributed by atoms with van der Waals surface area (Å²) in [6, 6.07) is 29.4. The minimum absolute atomic E-state index is 0.0312. The maximum atomic E-state index is 13.1. The number of nitrogens with one attached hydrogen (secondary N) is 1. The number of ether oxygens (including phenoxy) is 2. The topological polar surface area (TPSA) is 112 Å². The minimum Gasteiger partial charge on any atom is -0.392 e. The number of likely N-dealkylation sites (tertiary alicyclic amines) is 2. The molecule has 0 radical (unpaired) electrons. The van der Waals surface area contributed by atoms with Gasteiger partial charge in [-0.05, 0) is 83.3 Å².